The average Bonchev–Trinajstić information content (AvgIpc) is 4.22. The Labute approximate surface area is 475 Å². The lowest BCUT2D eigenvalue weighted by Gasteiger charge is -2.45. The zero-order chi connectivity index (χ0) is 60.6. The maximum absolute atomic E-state index is 13.6. The molecule has 0 spiro atoms. The molecule has 0 aliphatic carbocycles. The van der Waals surface area contributed by atoms with E-state index in [2.05, 4.69) is 0 Å². The molecule has 24 heteroatoms. The third kappa shape index (κ3) is 22.1. The quantitative estimate of drug-likeness (QED) is 0.0474. The van der Waals surface area contributed by atoms with Gasteiger partial charge in [-0.3, -0.25) is 14.4 Å². The maximum Gasteiger partial charge on any atom is 0.330 e. The van der Waals surface area contributed by atoms with E-state index < -0.39 is 194 Å². The van der Waals surface area contributed by atoms with Gasteiger partial charge in [0, 0.05) is 61.9 Å². The van der Waals surface area contributed by atoms with Crippen molar-refractivity contribution in [3.63, 3.8) is 0 Å². The molecule has 3 saturated heterocycles. The molecule has 0 radical (unpaired) electrons. The molecule has 0 aromatic carbocycles. The first-order valence-corrected chi connectivity index (χ1v) is 29.3. The Bertz CT molecular complexity index is 1940. The van der Waals surface area contributed by atoms with Crippen LogP contribution in [0.3, 0.4) is 0 Å². The summed E-state index contributed by atoms with van der Waals surface area (Å²) in [6.45, 7) is 13.6. The fraction of sp³-hybridized carbons (Fsp3) is 0.895. The summed E-state index contributed by atoms with van der Waals surface area (Å²) in [4.78, 5) is 50.0. The van der Waals surface area contributed by atoms with Gasteiger partial charge in [0.25, 0.3) is 0 Å². The van der Waals surface area contributed by atoms with Crippen LogP contribution in [0.5, 0.6) is 0 Å². The van der Waals surface area contributed by atoms with Crippen LogP contribution in [0.4, 0.5) is 0 Å². The zero-order valence-corrected chi connectivity index (χ0v) is 48.4. The van der Waals surface area contributed by atoms with E-state index in [1.807, 2.05) is 6.92 Å². The van der Waals surface area contributed by atoms with E-state index in [0.29, 0.717) is 6.42 Å². The van der Waals surface area contributed by atoms with Crippen LogP contribution in [0.2, 0.25) is 0 Å². The Morgan fingerprint density at radius 2 is 1.40 bits per heavy atom. The molecule has 13 N–H and O–H groups in total. The van der Waals surface area contributed by atoms with Crippen LogP contribution in [0.15, 0.2) is 12.2 Å². The molecular formula is C57H98O24. The Morgan fingerprint density at radius 3 is 2.06 bits per heavy atom. The van der Waals surface area contributed by atoms with E-state index in [1.165, 1.54) is 6.08 Å². The number of esters is 3. The molecule has 0 aromatic rings. The molecule has 4 rings (SSSR count). The number of fused-ring (bicyclic) bond motifs is 3. The number of carboxylic acid groups (broad SMARTS) is 1. The Morgan fingerprint density at radius 1 is 0.728 bits per heavy atom. The molecule has 0 amide bonds. The number of carbonyl (C=O) groups is 4. The largest absolute Gasteiger partial charge is 0.481 e. The van der Waals surface area contributed by atoms with Crippen molar-refractivity contribution in [2.24, 2.45) is 29.6 Å². The molecular weight excluding hydrogens is 1070 g/mol. The van der Waals surface area contributed by atoms with E-state index >= 15 is 0 Å². The van der Waals surface area contributed by atoms with Crippen LogP contribution >= 0.6 is 0 Å². The lowest BCUT2D eigenvalue weighted by molar-refractivity contribution is -0.333. The average molecular weight is 1170 g/mol. The van der Waals surface area contributed by atoms with Crippen molar-refractivity contribution in [1.29, 1.82) is 0 Å². The lowest BCUT2D eigenvalue weighted by atomic mass is 9.77. The number of epoxide rings is 1. The van der Waals surface area contributed by atoms with Gasteiger partial charge in [0.1, 0.15) is 43.0 Å². The lowest BCUT2D eigenvalue weighted by Crippen LogP contribution is -2.59. The number of carboxylic acids is 1. The van der Waals surface area contributed by atoms with Crippen molar-refractivity contribution in [3.05, 3.63) is 12.2 Å². The van der Waals surface area contributed by atoms with Crippen LogP contribution in [0.25, 0.3) is 0 Å². The van der Waals surface area contributed by atoms with Crippen LogP contribution in [0, 0.1) is 29.6 Å². The number of rotatable bonds is 15. The van der Waals surface area contributed by atoms with Crippen LogP contribution in [-0.4, -0.2) is 218 Å². The van der Waals surface area contributed by atoms with Gasteiger partial charge in [0.15, 0.2) is 12.1 Å². The molecule has 4 aliphatic rings. The Kier molecular flexibility index (Phi) is 28.7. The molecule has 4 aliphatic heterocycles. The minimum absolute atomic E-state index is 0.0265. The normalized spacial score (nSPS) is 40.3. The predicted octanol–water partition coefficient (Wildman–Crippen LogP) is 1.18. The fourth-order valence-corrected chi connectivity index (χ4v) is 11.5. The van der Waals surface area contributed by atoms with Gasteiger partial charge in [0.05, 0.1) is 79.4 Å². The van der Waals surface area contributed by atoms with Crippen LogP contribution < -0.4 is 0 Å². The highest BCUT2D eigenvalue weighted by molar-refractivity contribution is 5.90. The number of unbranched alkanes of at least 4 members (excludes halogenated alkanes) is 1. The second-order valence-electron chi connectivity index (χ2n) is 23.9. The zero-order valence-electron chi connectivity index (χ0n) is 48.4. The van der Waals surface area contributed by atoms with E-state index in [0.717, 1.165) is 12.5 Å². The van der Waals surface area contributed by atoms with Gasteiger partial charge in [-0.2, -0.15) is 0 Å². The molecule has 0 saturated carbocycles. The smallest absolute Gasteiger partial charge is 0.330 e. The molecule has 0 aromatic heterocycles. The number of hydrogen-bond acceptors (Lipinski definition) is 23. The van der Waals surface area contributed by atoms with Crippen molar-refractivity contribution in [1.82, 2.24) is 0 Å². The van der Waals surface area contributed by atoms with Gasteiger partial charge in [0.2, 0.25) is 0 Å². The highest BCUT2D eigenvalue weighted by atomic mass is 16.7. The minimum Gasteiger partial charge on any atom is -0.481 e. The van der Waals surface area contributed by atoms with Gasteiger partial charge < -0.3 is 99.5 Å². The Balaban J connectivity index is 1.53. The first kappa shape index (κ1) is 70.5. The number of aliphatic hydroxyl groups is 12. The molecule has 0 unspecified atom stereocenters. The first-order chi connectivity index (χ1) is 37.9. The topological polar surface area (TPSA) is 399 Å². The number of aliphatic carboxylic acids is 1. The summed E-state index contributed by atoms with van der Waals surface area (Å²) in [5.74, 6) is -10.0. The van der Waals surface area contributed by atoms with Gasteiger partial charge >= 0.3 is 23.9 Å². The number of carbonyl (C=O) groups excluding carboxylic acids is 3. The number of hydrogen-bond donors (Lipinski definition) is 13. The van der Waals surface area contributed by atoms with Crippen molar-refractivity contribution < 1.29 is 119 Å². The van der Waals surface area contributed by atoms with Crippen molar-refractivity contribution >= 4 is 23.9 Å². The van der Waals surface area contributed by atoms with Crippen LogP contribution in [-0.2, 0) is 52.3 Å². The SMILES string of the molecule is CCCCC(=O)O[C@H]1C[C@H](O[C@@H](C)[C@H](C)[C@H](O)[C@@H](C)[C@H](O)[C@H](C)[C@H]2OC(=O)/C=C/C[C@H](O)C[C@H](O)C[C@@H](O)CC[C@@H](C)[C@H](O)C[C@]3(O)O[C@H](C[C@@H](O)C[C@H](OC(=O)CC(=O)O)CCC[C@H](O)[C@@H]4O[C@H]4[C@@H]2C)C[C@H](O)[C@H]3O)O[C@@H](C)[C@H]1O. The standard InChI is InChI=1S/C57H98O24/c1-9-10-16-46(67)78-44-25-49(76-34(8)52(44)72)75-33(7)29(3)50(70)30(4)51(71)31(5)53-32(6)54-55(80-54)41(62)15-12-14-39(77-48(69)26-45(65)66)22-38(61)23-40-24-42(63)56(73)57(74,81-40)27-43(64)28(2)18-19-36(59)21-37(60)20-35(58)13-11-17-47(68)79-53/h11,17,28-44,49-56,58-64,70-74H,9-10,12-16,18-27H2,1-8H3,(H,65,66)/b17-11+/t28-,29+,30-,31+,32-,33+,34+,35+,36+,37+,38+,39-,40-,41+,42+,43-,44+,49-,50+,51+,52-,53-,54+,55+,56-,57+/m1/s1. The molecule has 470 valence electrons. The third-order valence-corrected chi connectivity index (χ3v) is 16.9. The predicted molar refractivity (Wildman–Crippen MR) is 286 cm³/mol. The summed E-state index contributed by atoms with van der Waals surface area (Å²) in [6.07, 6.45) is -20.3. The summed E-state index contributed by atoms with van der Waals surface area (Å²) >= 11 is 0. The second kappa shape index (κ2) is 33.0. The summed E-state index contributed by atoms with van der Waals surface area (Å²) in [5, 5.41) is 143. The van der Waals surface area contributed by atoms with Crippen LogP contribution in [0.1, 0.15) is 165 Å². The van der Waals surface area contributed by atoms with E-state index in [4.69, 9.17) is 33.2 Å². The molecule has 2 bridgehead atoms. The highest BCUT2D eigenvalue weighted by Crippen LogP contribution is 2.41. The van der Waals surface area contributed by atoms with Gasteiger partial charge in [-0.05, 0) is 84.0 Å². The third-order valence-electron chi connectivity index (χ3n) is 16.9. The number of aliphatic hydroxyl groups excluding tert-OH is 11. The van der Waals surface area contributed by atoms with Gasteiger partial charge in [-0.15, -0.1) is 0 Å². The van der Waals surface area contributed by atoms with Gasteiger partial charge in [-0.1, -0.05) is 54.0 Å². The van der Waals surface area contributed by atoms with Crippen molar-refractivity contribution in [2.75, 3.05) is 0 Å². The van der Waals surface area contributed by atoms with E-state index in [9.17, 15) is 85.6 Å². The molecule has 24 nitrogen and oxygen atoms in total. The fourth-order valence-electron chi connectivity index (χ4n) is 11.5. The summed E-state index contributed by atoms with van der Waals surface area (Å²) in [6, 6.07) is 0. The molecule has 26 atom stereocenters. The summed E-state index contributed by atoms with van der Waals surface area (Å²) in [7, 11) is 0. The first-order valence-electron chi connectivity index (χ1n) is 29.3. The maximum atomic E-state index is 13.6. The Hall–Kier alpha value is -3.02. The summed E-state index contributed by atoms with van der Waals surface area (Å²) in [5.41, 5.74) is 0. The van der Waals surface area contributed by atoms with Crippen molar-refractivity contribution in [3.8, 4) is 0 Å². The van der Waals surface area contributed by atoms with Crippen molar-refractivity contribution in [2.45, 2.75) is 293 Å². The molecule has 3 fully saturated rings. The highest BCUT2D eigenvalue weighted by Gasteiger charge is 2.53. The molecule has 4 heterocycles. The summed E-state index contributed by atoms with van der Waals surface area (Å²) < 4.78 is 41.0. The van der Waals surface area contributed by atoms with Gasteiger partial charge in [-0.25, -0.2) is 4.79 Å². The monoisotopic (exact) mass is 1170 g/mol. The van der Waals surface area contributed by atoms with E-state index in [-0.39, 0.29) is 83.5 Å². The second-order valence-corrected chi connectivity index (χ2v) is 23.9. The minimum atomic E-state index is -2.47. The van der Waals surface area contributed by atoms with E-state index in [1.54, 1.807) is 48.5 Å². The number of ether oxygens (including phenoxy) is 7. The molecule has 81 heavy (non-hydrogen) atoms. The number of cyclic esters (lactones) is 1.